The number of carbonyl (C=O) groups is 1. The van der Waals surface area contributed by atoms with Gasteiger partial charge in [0.15, 0.2) is 0 Å². The summed E-state index contributed by atoms with van der Waals surface area (Å²) in [7, 11) is 1.90. The Hall–Kier alpha value is -0.530. The monoisotopic (exact) mass is 183 g/mol. The zero-order valence-electron chi connectivity index (χ0n) is 9.05. The fourth-order valence-corrected chi connectivity index (χ4v) is 2.13. The highest BCUT2D eigenvalue weighted by molar-refractivity contribution is 5.78. The second kappa shape index (κ2) is 4.64. The Morgan fingerprint density at radius 1 is 1.46 bits per heavy atom. The maximum Gasteiger partial charge on any atom is 0.225 e. The number of amides is 1. The first-order valence-corrected chi connectivity index (χ1v) is 5.40. The molecule has 0 N–H and O–H groups in total. The van der Waals surface area contributed by atoms with E-state index in [1.54, 1.807) is 0 Å². The first-order chi connectivity index (χ1) is 6.15. The molecule has 1 amide bonds. The lowest BCUT2D eigenvalue weighted by Crippen LogP contribution is -2.34. The van der Waals surface area contributed by atoms with Crippen LogP contribution in [0.25, 0.3) is 0 Å². The van der Waals surface area contributed by atoms with Gasteiger partial charge in [0.2, 0.25) is 5.91 Å². The number of hydrogen-bond acceptors (Lipinski definition) is 1. The minimum absolute atomic E-state index is 0.314. The number of carbonyl (C=O) groups excluding carboxylic acids is 1. The van der Waals surface area contributed by atoms with Crippen LogP contribution < -0.4 is 0 Å². The molecule has 76 valence electrons. The molecule has 1 saturated carbocycles. The van der Waals surface area contributed by atoms with Gasteiger partial charge in [0.1, 0.15) is 0 Å². The summed E-state index contributed by atoms with van der Waals surface area (Å²) in [6.45, 7) is 5.12. The Balaban J connectivity index is 2.46. The van der Waals surface area contributed by atoms with Gasteiger partial charge in [-0.3, -0.25) is 4.79 Å². The fraction of sp³-hybridized carbons (Fsp3) is 0.909. The van der Waals surface area contributed by atoms with E-state index in [2.05, 4.69) is 6.92 Å². The molecule has 1 aliphatic rings. The molecular formula is C11H21NO. The summed E-state index contributed by atoms with van der Waals surface area (Å²) in [6, 6.07) is 0. The molecule has 0 aromatic heterocycles. The third-order valence-corrected chi connectivity index (χ3v) is 3.14. The second-order valence-corrected chi connectivity index (χ2v) is 4.32. The topological polar surface area (TPSA) is 20.3 Å². The smallest absolute Gasteiger partial charge is 0.225 e. The van der Waals surface area contributed by atoms with Gasteiger partial charge in [0.05, 0.1) is 0 Å². The van der Waals surface area contributed by atoms with E-state index in [0.717, 1.165) is 25.3 Å². The molecule has 13 heavy (non-hydrogen) atoms. The summed E-state index contributed by atoms with van der Waals surface area (Å²) in [5.74, 6) is 1.41. The molecule has 1 aliphatic carbocycles. The summed E-state index contributed by atoms with van der Waals surface area (Å²) < 4.78 is 0. The molecule has 0 heterocycles. The van der Waals surface area contributed by atoms with Gasteiger partial charge in [-0.2, -0.15) is 0 Å². The third kappa shape index (κ3) is 2.71. The molecule has 0 spiro atoms. The van der Waals surface area contributed by atoms with Crippen molar-refractivity contribution in [2.24, 2.45) is 11.8 Å². The Bertz CT molecular complexity index is 179. The molecule has 0 aliphatic heterocycles. The average molecular weight is 183 g/mol. The number of rotatable bonds is 2. The first-order valence-electron chi connectivity index (χ1n) is 5.40. The van der Waals surface area contributed by atoms with Gasteiger partial charge >= 0.3 is 0 Å². The van der Waals surface area contributed by atoms with Crippen molar-refractivity contribution in [3.05, 3.63) is 0 Å². The van der Waals surface area contributed by atoms with Crippen LogP contribution in [0, 0.1) is 11.8 Å². The van der Waals surface area contributed by atoms with Gasteiger partial charge in [-0.15, -0.1) is 0 Å². The molecule has 0 saturated heterocycles. The molecule has 2 atom stereocenters. The zero-order chi connectivity index (χ0) is 9.84. The number of nitrogens with zero attached hydrogens (tertiary/aromatic N) is 1. The van der Waals surface area contributed by atoms with Gasteiger partial charge in [0.25, 0.3) is 0 Å². The normalized spacial score (nSPS) is 28.5. The fourth-order valence-electron chi connectivity index (χ4n) is 2.13. The van der Waals surface area contributed by atoms with E-state index in [1.807, 2.05) is 18.9 Å². The summed E-state index contributed by atoms with van der Waals surface area (Å²) in [4.78, 5) is 13.7. The van der Waals surface area contributed by atoms with Crippen molar-refractivity contribution in [2.75, 3.05) is 13.6 Å². The molecule has 0 aromatic rings. The zero-order valence-corrected chi connectivity index (χ0v) is 9.05. The van der Waals surface area contributed by atoms with E-state index in [9.17, 15) is 4.79 Å². The minimum Gasteiger partial charge on any atom is -0.346 e. The summed E-state index contributed by atoms with van der Waals surface area (Å²) in [6.07, 6.45) is 4.74. The van der Waals surface area contributed by atoms with Crippen LogP contribution in [-0.2, 0) is 4.79 Å². The maximum atomic E-state index is 11.8. The lowest BCUT2D eigenvalue weighted by atomic mass is 9.82. The predicted octanol–water partition coefficient (Wildman–Crippen LogP) is 2.29. The highest BCUT2D eigenvalue weighted by atomic mass is 16.2. The molecule has 2 heteroatoms. The van der Waals surface area contributed by atoms with Crippen molar-refractivity contribution in [3.8, 4) is 0 Å². The highest BCUT2D eigenvalue weighted by Crippen LogP contribution is 2.29. The molecule has 2 nitrogen and oxygen atoms in total. The van der Waals surface area contributed by atoms with Crippen molar-refractivity contribution in [1.82, 2.24) is 4.90 Å². The standard InChI is InChI=1S/C11H21NO/c1-4-12(3)11(13)10-7-5-6-9(2)8-10/h9-10H,4-8H2,1-3H3. The van der Waals surface area contributed by atoms with Gasteiger partial charge in [0, 0.05) is 19.5 Å². The van der Waals surface area contributed by atoms with Crippen LogP contribution in [0.5, 0.6) is 0 Å². The van der Waals surface area contributed by atoms with E-state index in [1.165, 1.54) is 12.8 Å². The Morgan fingerprint density at radius 2 is 2.15 bits per heavy atom. The van der Waals surface area contributed by atoms with Crippen LogP contribution in [-0.4, -0.2) is 24.4 Å². The average Bonchev–Trinajstić information content (AvgIpc) is 2.15. The lowest BCUT2D eigenvalue weighted by molar-refractivity contribution is -0.135. The summed E-state index contributed by atoms with van der Waals surface area (Å²) in [5, 5.41) is 0. The Labute approximate surface area is 81.3 Å². The molecule has 0 aromatic carbocycles. The second-order valence-electron chi connectivity index (χ2n) is 4.32. The van der Waals surface area contributed by atoms with Crippen LogP contribution >= 0.6 is 0 Å². The van der Waals surface area contributed by atoms with Crippen molar-refractivity contribution < 1.29 is 4.79 Å². The van der Waals surface area contributed by atoms with Gasteiger partial charge in [-0.1, -0.05) is 19.8 Å². The maximum absolute atomic E-state index is 11.8. The van der Waals surface area contributed by atoms with E-state index >= 15 is 0 Å². The molecular weight excluding hydrogens is 162 g/mol. The van der Waals surface area contributed by atoms with Crippen LogP contribution in [0.4, 0.5) is 0 Å². The van der Waals surface area contributed by atoms with Crippen LogP contribution in [0.15, 0.2) is 0 Å². The predicted molar refractivity (Wildman–Crippen MR) is 54.4 cm³/mol. The third-order valence-electron chi connectivity index (χ3n) is 3.14. The molecule has 1 fully saturated rings. The Morgan fingerprint density at radius 3 is 2.69 bits per heavy atom. The van der Waals surface area contributed by atoms with Gasteiger partial charge in [-0.25, -0.2) is 0 Å². The first kappa shape index (κ1) is 10.6. The van der Waals surface area contributed by atoms with E-state index in [0.29, 0.717) is 11.8 Å². The van der Waals surface area contributed by atoms with Crippen molar-refractivity contribution >= 4 is 5.91 Å². The summed E-state index contributed by atoms with van der Waals surface area (Å²) in [5.41, 5.74) is 0. The van der Waals surface area contributed by atoms with Crippen LogP contribution in [0.1, 0.15) is 39.5 Å². The van der Waals surface area contributed by atoms with E-state index in [-0.39, 0.29) is 0 Å². The lowest BCUT2D eigenvalue weighted by Gasteiger charge is -2.28. The van der Waals surface area contributed by atoms with Gasteiger partial charge < -0.3 is 4.90 Å². The van der Waals surface area contributed by atoms with E-state index in [4.69, 9.17) is 0 Å². The van der Waals surface area contributed by atoms with Crippen LogP contribution in [0.2, 0.25) is 0 Å². The van der Waals surface area contributed by atoms with Crippen molar-refractivity contribution in [3.63, 3.8) is 0 Å². The quantitative estimate of drug-likeness (QED) is 0.643. The van der Waals surface area contributed by atoms with E-state index < -0.39 is 0 Å². The molecule has 0 radical (unpaired) electrons. The Kier molecular flexibility index (Phi) is 3.76. The number of hydrogen-bond donors (Lipinski definition) is 0. The van der Waals surface area contributed by atoms with Crippen molar-refractivity contribution in [1.29, 1.82) is 0 Å². The van der Waals surface area contributed by atoms with Crippen molar-refractivity contribution in [2.45, 2.75) is 39.5 Å². The summed E-state index contributed by atoms with van der Waals surface area (Å²) >= 11 is 0. The SMILES string of the molecule is CCN(C)C(=O)C1CCCC(C)C1. The molecule has 2 unspecified atom stereocenters. The van der Waals surface area contributed by atoms with Gasteiger partial charge in [-0.05, 0) is 25.7 Å². The molecule has 0 bridgehead atoms. The molecule has 1 rings (SSSR count). The minimum atomic E-state index is 0.314. The highest BCUT2D eigenvalue weighted by Gasteiger charge is 2.26. The largest absolute Gasteiger partial charge is 0.346 e. The van der Waals surface area contributed by atoms with Crippen LogP contribution in [0.3, 0.4) is 0 Å².